The Hall–Kier alpha value is -2.39. The van der Waals surface area contributed by atoms with Gasteiger partial charge in [-0.1, -0.05) is 11.8 Å². The third kappa shape index (κ3) is 3.20. The van der Waals surface area contributed by atoms with Gasteiger partial charge in [-0.25, -0.2) is 4.39 Å². The number of hydrogen-bond donors (Lipinski definition) is 2. The Labute approximate surface area is 122 Å². The van der Waals surface area contributed by atoms with Gasteiger partial charge in [-0.3, -0.25) is 9.59 Å². The summed E-state index contributed by atoms with van der Waals surface area (Å²) in [6.07, 6.45) is 0. The molecule has 110 valence electrons. The van der Waals surface area contributed by atoms with Crippen LogP contribution in [0, 0.1) is 17.7 Å². The zero-order chi connectivity index (χ0) is 15.4. The molecule has 5 nitrogen and oxygen atoms in total. The Balaban J connectivity index is 2.23. The highest BCUT2D eigenvalue weighted by molar-refractivity contribution is 5.98. The van der Waals surface area contributed by atoms with E-state index in [-0.39, 0.29) is 29.5 Å². The van der Waals surface area contributed by atoms with Gasteiger partial charge in [-0.2, -0.15) is 0 Å². The number of nitrogens with two attached hydrogens (primary N) is 1. The predicted molar refractivity (Wildman–Crippen MR) is 75.8 cm³/mol. The number of nitrogens with zero attached hydrogens (tertiary/aromatic N) is 1. The fraction of sp³-hybridized carbons (Fsp3) is 0.333. The van der Waals surface area contributed by atoms with E-state index in [1.807, 2.05) is 0 Å². The van der Waals surface area contributed by atoms with E-state index in [0.717, 1.165) is 6.07 Å². The third-order valence-electron chi connectivity index (χ3n) is 3.30. The maximum atomic E-state index is 13.9. The van der Waals surface area contributed by atoms with Gasteiger partial charge in [0.05, 0.1) is 12.1 Å². The van der Waals surface area contributed by atoms with E-state index >= 15 is 0 Å². The van der Waals surface area contributed by atoms with Crippen LogP contribution >= 0.6 is 0 Å². The van der Waals surface area contributed by atoms with Crippen molar-refractivity contribution < 1.29 is 14.0 Å². The van der Waals surface area contributed by atoms with E-state index < -0.39 is 11.9 Å². The van der Waals surface area contributed by atoms with Crippen LogP contribution in [0.15, 0.2) is 18.2 Å². The van der Waals surface area contributed by atoms with Gasteiger partial charge in [-0.15, -0.1) is 0 Å². The van der Waals surface area contributed by atoms with Crippen LogP contribution in [0.5, 0.6) is 0 Å². The number of amides is 2. The molecule has 0 aliphatic carbocycles. The van der Waals surface area contributed by atoms with Crippen LogP contribution in [0.2, 0.25) is 0 Å². The van der Waals surface area contributed by atoms with Gasteiger partial charge < -0.3 is 16.0 Å². The average molecular weight is 289 g/mol. The second-order valence-corrected chi connectivity index (χ2v) is 4.67. The van der Waals surface area contributed by atoms with Gasteiger partial charge in [0.2, 0.25) is 5.91 Å². The summed E-state index contributed by atoms with van der Waals surface area (Å²) in [6.45, 7) is 2.59. The molecule has 1 aliphatic heterocycles. The van der Waals surface area contributed by atoms with E-state index in [4.69, 9.17) is 5.73 Å². The van der Waals surface area contributed by atoms with Gasteiger partial charge in [0.1, 0.15) is 11.9 Å². The summed E-state index contributed by atoms with van der Waals surface area (Å²) in [7, 11) is 0. The highest BCUT2D eigenvalue weighted by Crippen LogP contribution is 2.14. The molecule has 1 fully saturated rings. The molecule has 1 unspecified atom stereocenters. The smallest absolute Gasteiger partial charge is 0.254 e. The molecule has 2 amide bonds. The quantitative estimate of drug-likeness (QED) is 0.720. The number of nitrogens with one attached hydrogen (secondary N) is 1. The van der Waals surface area contributed by atoms with Crippen LogP contribution in [0.3, 0.4) is 0 Å². The van der Waals surface area contributed by atoms with E-state index in [1.54, 1.807) is 6.92 Å². The molecule has 3 N–H and O–H groups in total. The molecule has 0 aromatic heterocycles. The molecule has 21 heavy (non-hydrogen) atoms. The van der Waals surface area contributed by atoms with Crippen molar-refractivity contribution in [1.29, 1.82) is 0 Å². The first-order valence-electron chi connectivity index (χ1n) is 6.61. The molecule has 0 spiro atoms. The van der Waals surface area contributed by atoms with Crippen molar-refractivity contribution in [3.63, 3.8) is 0 Å². The van der Waals surface area contributed by atoms with E-state index in [1.165, 1.54) is 17.0 Å². The molecule has 1 heterocycles. The van der Waals surface area contributed by atoms with Crippen LogP contribution < -0.4 is 11.1 Å². The maximum Gasteiger partial charge on any atom is 0.254 e. The molecule has 0 saturated carbocycles. The van der Waals surface area contributed by atoms with Crippen molar-refractivity contribution in [2.45, 2.75) is 13.0 Å². The average Bonchev–Trinajstić information content (AvgIpc) is 2.48. The summed E-state index contributed by atoms with van der Waals surface area (Å²) >= 11 is 0. The van der Waals surface area contributed by atoms with Gasteiger partial charge >= 0.3 is 0 Å². The minimum absolute atomic E-state index is 0.139. The number of carbonyl (C=O) groups excluding carboxylic acids is 2. The lowest BCUT2D eigenvalue weighted by Gasteiger charge is -2.32. The summed E-state index contributed by atoms with van der Waals surface area (Å²) in [4.78, 5) is 25.4. The molecule has 1 aliphatic rings. The van der Waals surface area contributed by atoms with Gasteiger partial charge in [0, 0.05) is 18.7 Å². The van der Waals surface area contributed by atoms with Crippen LogP contribution in [-0.4, -0.2) is 42.4 Å². The van der Waals surface area contributed by atoms with Crippen molar-refractivity contribution in [1.82, 2.24) is 10.2 Å². The van der Waals surface area contributed by atoms with Gasteiger partial charge in [0.15, 0.2) is 0 Å². The molecule has 1 aromatic carbocycles. The maximum absolute atomic E-state index is 13.9. The van der Waals surface area contributed by atoms with Crippen molar-refractivity contribution in [2.75, 3.05) is 19.6 Å². The lowest BCUT2D eigenvalue weighted by Crippen LogP contribution is -2.55. The predicted octanol–water partition coefficient (Wildman–Crippen LogP) is 0.0964. The number of benzene rings is 1. The van der Waals surface area contributed by atoms with Crippen LogP contribution in [0.1, 0.15) is 22.8 Å². The van der Waals surface area contributed by atoms with Crippen LogP contribution in [0.25, 0.3) is 0 Å². The zero-order valence-electron chi connectivity index (χ0n) is 11.6. The molecule has 1 atom stereocenters. The topological polar surface area (TPSA) is 75.4 Å². The summed E-state index contributed by atoms with van der Waals surface area (Å²) in [5.74, 6) is 4.01. The molecule has 6 heteroatoms. The van der Waals surface area contributed by atoms with Crippen LogP contribution in [0.4, 0.5) is 4.39 Å². The van der Waals surface area contributed by atoms with E-state index in [9.17, 15) is 14.0 Å². The van der Waals surface area contributed by atoms with Gasteiger partial charge in [-0.05, 0) is 25.1 Å². The van der Waals surface area contributed by atoms with Gasteiger partial charge in [0.25, 0.3) is 5.91 Å². The summed E-state index contributed by atoms with van der Waals surface area (Å²) in [5.41, 5.74) is 5.63. The number of halogens is 1. The number of piperazine rings is 1. The fourth-order valence-electron chi connectivity index (χ4n) is 2.12. The first-order chi connectivity index (χ1) is 10.0. The number of hydrogen-bond acceptors (Lipinski definition) is 3. The Morgan fingerprint density at radius 1 is 1.57 bits per heavy atom. The largest absolute Gasteiger partial charge is 0.353 e. The highest BCUT2D eigenvalue weighted by atomic mass is 19.1. The molecular weight excluding hydrogens is 273 g/mol. The molecule has 0 radical (unpaired) electrons. The first-order valence-corrected chi connectivity index (χ1v) is 6.61. The molecule has 2 rings (SSSR count). The number of carbonyl (C=O) groups is 2. The Bertz CT molecular complexity index is 634. The highest BCUT2D eigenvalue weighted by Gasteiger charge is 2.30. The second kappa shape index (κ2) is 6.37. The summed E-state index contributed by atoms with van der Waals surface area (Å²) < 4.78 is 13.9. The normalized spacial score (nSPS) is 17.8. The lowest BCUT2D eigenvalue weighted by atomic mass is 10.1. The van der Waals surface area contributed by atoms with Crippen LogP contribution in [-0.2, 0) is 4.79 Å². The Morgan fingerprint density at radius 2 is 2.33 bits per heavy atom. The third-order valence-corrected chi connectivity index (χ3v) is 3.30. The summed E-state index contributed by atoms with van der Waals surface area (Å²) in [6, 6.07) is 3.53. The molecule has 1 saturated heterocycles. The Kier molecular flexibility index (Phi) is 4.55. The first kappa shape index (κ1) is 15.0. The monoisotopic (exact) mass is 289 g/mol. The minimum atomic E-state index is -0.573. The van der Waals surface area contributed by atoms with Crippen molar-refractivity contribution in [3.8, 4) is 11.8 Å². The zero-order valence-corrected chi connectivity index (χ0v) is 11.6. The van der Waals surface area contributed by atoms with E-state index in [0.29, 0.717) is 13.1 Å². The molecule has 1 aromatic rings. The fourth-order valence-corrected chi connectivity index (χ4v) is 2.12. The lowest BCUT2D eigenvalue weighted by molar-refractivity contribution is -0.127. The second-order valence-electron chi connectivity index (χ2n) is 4.67. The number of rotatable bonds is 1. The standard InChI is InChI=1S/C15H16FN3O2/c1-10-14(20)18-7-8-19(10)15(21)12-5-4-11(3-2-6-17)13(16)9-12/h4-5,9-10H,6-8,17H2,1H3,(H,18,20). The summed E-state index contributed by atoms with van der Waals surface area (Å²) in [5, 5.41) is 2.67. The van der Waals surface area contributed by atoms with Crippen molar-refractivity contribution in [2.24, 2.45) is 5.73 Å². The van der Waals surface area contributed by atoms with Crippen molar-refractivity contribution in [3.05, 3.63) is 35.1 Å². The molecular formula is C15H16FN3O2. The minimum Gasteiger partial charge on any atom is -0.353 e. The molecule has 0 bridgehead atoms. The SMILES string of the molecule is CC1C(=O)NCCN1C(=O)c1ccc(C#CCN)c(F)c1. The Morgan fingerprint density at radius 3 is 3.00 bits per heavy atom. The van der Waals surface area contributed by atoms with E-state index in [2.05, 4.69) is 17.2 Å². The van der Waals surface area contributed by atoms with Crippen molar-refractivity contribution >= 4 is 11.8 Å².